The van der Waals surface area contributed by atoms with Crippen LogP contribution in [0.4, 0.5) is 10.4 Å². The molecule has 1 atom stereocenters. The Kier molecular flexibility index (Phi) is 3.68. The summed E-state index contributed by atoms with van der Waals surface area (Å²) in [6.45, 7) is 2.06. The second-order valence-electron chi connectivity index (χ2n) is 5.83. The molecule has 0 aliphatic heterocycles. The Morgan fingerprint density at radius 2 is 1.96 bits per heavy atom. The minimum atomic E-state index is -0.327. The van der Waals surface area contributed by atoms with Crippen LogP contribution in [0.15, 0.2) is 59.5 Å². The zero-order chi connectivity index (χ0) is 17.4. The first-order valence-electron chi connectivity index (χ1n) is 7.86. The number of anilines is 1. The van der Waals surface area contributed by atoms with Gasteiger partial charge in [0.15, 0.2) is 5.58 Å². The lowest BCUT2D eigenvalue weighted by Crippen LogP contribution is -2.21. The van der Waals surface area contributed by atoms with E-state index in [2.05, 4.69) is 22.0 Å². The summed E-state index contributed by atoms with van der Waals surface area (Å²) in [5.74, 6) is -0.327. The zero-order valence-corrected chi connectivity index (χ0v) is 13.8. The first-order valence-corrected chi connectivity index (χ1v) is 7.86. The van der Waals surface area contributed by atoms with Gasteiger partial charge in [0.25, 0.3) is 6.01 Å². The minimum absolute atomic E-state index is 0.0303. The van der Waals surface area contributed by atoms with Crippen molar-refractivity contribution >= 4 is 17.1 Å². The molecule has 7 heteroatoms. The maximum Gasteiger partial charge on any atom is 0.298 e. The molecule has 2 aromatic carbocycles. The van der Waals surface area contributed by atoms with Crippen molar-refractivity contribution in [3.8, 4) is 5.69 Å². The Labute approximate surface area is 143 Å². The van der Waals surface area contributed by atoms with Crippen LogP contribution in [0.25, 0.3) is 16.8 Å². The third-order valence-electron chi connectivity index (χ3n) is 4.28. The fourth-order valence-corrected chi connectivity index (χ4v) is 2.68. The van der Waals surface area contributed by atoms with Gasteiger partial charge in [-0.1, -0.05) is 12.1 Å². The van der Waals surface area contributed by atoms with Gasteiger partial charge in [-0.25, -0.2) is 14.1 Å². The molecule has 0 saturated carbocycles. The van der Waals surface area contributed by atoms with E-state index >= 15 is 0 Å². The summed E-state index contributed by atoms with van der Waals surface area (Å²) in [6, 6.07) is 12.8. The lowest BCUT2D eigenvalue weighted by atomic mass is 10.1. The average molecular weight is 337 g/mol. The van der Waals surface area contributed by atoms with Crippen LogP contribution in [0.1, 0.15) is 18.5 Å². The molecule has 2 heterocycles. The average Bonchev–Trinajstić information content (AvgIpc) is 3.30. The van der Waals surface area contributed by atoms with E-state index in [9.17, 15) is 4.39 Å². The molecule has 2 aromatic heterocycles. The van der Waals surface area contributed by atoms with E-state index in [1.807, 2.05) is 36.2 Å². The molecule has 0 bridgehead atoms. The zero-order valence-electron chi connectivity index (χ0n) is 13.8. The van der Waals surface area contributed by atoms with Crippen molar-refractivity contribution < 1.29 is 8.81 Å². The van der Waals surface area contributed by atoms with E-state index in [-0.39, 0.29) is 11.9 Å². The maximum atomic E-state index is 13.3. The molecule has 0 amide bonds. The number of oxazole rings is 1. The number of hydrogen-bond donors (Lipinski definition) is 0. The molecule has 0 aliphatic rings. The number of benzene rings is 2. The first-order chi connectivity index (χ1) is 12.1. The molecule has 0 saturated heterocycles. The summed E-state index contributed by atoms with van der Waals surface area (Å²) < 4.78 is 20.8. The molecule has 0 spiro atoms. The topological polar surface area (TPSA) is 60.0 Å². The van der Waals surface area contributed by atoms with Crippen molar-refractivity contribution in [1.29, 1.82) is 0 Å². The second-order valence-corrected chi connectivity index (χ2v) is 5.83. The summed E-state index contributed by atoms with van der Waals surface area (Å²) in [5, 5.41) is 4.11. The normalized spacial score (nSPS) is 12.4. The molecular formula is C18H16FN5O. The number of hydrogen-bond acceptors (Lipinski definition) is 5. The molecule has 4 aromatic rings. The Hall–Kier alpha value is -3.22. The smallest absolute Gasteiger partial charge is 0.298 e. The highest BCUT2D eigenvalue weighted by Gasteiger charge is 2.18. The number of halogens is 1. The Balaban J connectivity index is 1.59. The van der Waals surface area contributed by atoms with Gasteiger partial charge in [-0.05, 0) is 36.8 Å². The molecule has 0 unspecified atom stereocenters. The highest BCUT2D eigenvalue weighted by atomic mass is 19.1. The molecule has 0 N–H and O–H groups in total. The second kappa shape index (κ2) is 6.01. The van der Waals surface area contributed by atoms with E-state index in [0.717, 1.165) is 11.3 Å². The van der Waals surface area contributed by atoms with Gasteiger partial charge in [0.05, 0.1) is 11.7 Å². The van der Waals surface area contributed by atoms with Crippen molar-refractivity contribution in [2.24, 2.45) is 0 Å². The molecule has 0 fully saturated rings. The summed E-state index contributed by atoms with van der Waals surface area (Å²) in [7, 11) is 1.90. The maximum absolute atomic E-state index is 13.3. The van der Waals surface area contributed by atoms with Crippen molar-refractivity contribution in [2.75, 3.05) is 11.9 Å². The van der Waals surface area contributed by atoms with Crippen LogP contribution < -0.4 is 4.90 Å². The van der Waals surface area contributed by atoms with Gasteiger partial charge in [0, 0.05) is 13.1 Å². The Morgan fingerprint density at radius 3 is 2.68 bits per heavy atom. The number of rotatable bonds is 4. The highest BCUT2D eigenvalue weighted by molar-refractivity contribution is 5.74. The first kappa shape index (κ1) is 15.3. The van der Waals surface area contributed by atoms with E-state index in [0.29, 0.717) is 17.1 Å². The van der Waals surface area contributed by atoms with Crippen LogP contribution in [-0.4, -0.2) is 26.8 Å². The van der Waals surface area contributed by atoms with Gasteiger partial charge in [-0.15, -0.1) is 0 Å². The molecular weight excluding hydrogens is 321 g/mol. The van der Waals surface area contributed by atoms with Crippen LogP contribution >= 0.6 is 0 Å². The predicted octanol–water partition coefficient (Wildman–Crippen LogP) is 3.75. The van der Waals surface area contributed by atoms with Crippen LogP contribution in [0.2, 0.25) is 0 Å². The van der Waals surface area contributed by atoms with E-state index in [1.165, 1.54) is 18.5 Å². The molecule has 126 valence electrons. The third kappa shape index (κ3) is 2.84. The standard InChI is InChI=1S/C18H16FN5O/c1-12(13-3-6-15(7-4-13)24-11-20-10-21-24)23(2)18-22-16-9-14(19)5-8-17(16)25-18/h3-12H,1-2H3/t12-/m1/s1. The summed E-state index contributed by atoms with van der Waals surface area (Å²) in [4.78, 5) is 10.2. The molecule has 0 radical (unpaired) electrons. The minimum Gasteiger partial charge on any atom is -0.423 e. The fraction of sp³-hybridized carbons (Fsp3) is 0.167. The SMILES string of the molecule is C[C@H](c1ccc(-n2cncn2)cc1)N(C)c1nc2cc(F)ccc2o1. The van der Waals surface area contributed by atoms with Gasteiger partial charge < -0.3 is 9.32 Å². The van der Waals surface area contributed by atoms with E-state index in [4.69, 9.17) is 4.42 Å². The predicted molar refractivity (Wildman–Crippen MR) is 92.1 cm³/mol. The molecule has 25 heavy (non-hydrogen) atoms. The largest absolute Gasteiger partial charge is 0.423 e. The van der Waals surface area contributed by atoms with Crippen molar-refractivity contribution in [3.05, 3.63) is 66.5 Å². The van der Waals surface area contributed by atoms with Crippen LogP contribution in [0.3, 0.4) is 0 Å². The fourth-order valence-electron chi connectivity index (χ4n) is 2.68. The number of aromatic nitrogens is 4. The lowest BCUT2D eigenvalue weighted by Gasteiger charge is -2.23. The highest BCUT2D eigenvalue weighted by Crippen LogP contribution is 2.28. The Bertz CT molecular complexity index is 994. The molecule has 0 aliphatic carbocycles. The molecule has 6 nitrogen and oxygen atoms in total. The summed E-state index contributed by atoms with van der Waals surface area (Å²) in [6.07, 6.45) is 3.16. The molecule has 4 rings (SSSR count). The van der Waals surface area contributed by atoms with E-state index < -0.39 is 0 Å². The van der Waals surface area contributed by atoms with Gasteiger partial charge in [0.1, 0.15) is 24.0 Å². The number of nitrogens with zero attached hydrogens (tertiary/aromatic N) is 5. The van der Waals surface area contributed by atoms with Crippen LogP contribution in [-0.2, 0) is 0 Å². The van der Waals surface area contributed by atoms with Gasteiger partial charge in [-0.3, -0.25) is 0 Å². The van der Waals surface area contributed by atoms with Crippen molar-refractivity contribution in [1.82, 2.24) is 19.7 Å². The third-order valence-corrected chi connectivity index (χ3v) is 4.28. The van der Waals surface area contributed by atoms with Gasteiger partial charge in [0.2, 0.25) is 0 Å². The monoisotopic (exact) mass is 337 g/mol. The van der Waals surface area contributed by atoms with Crippen molar-refractivity contribution in [2.45, 2.75) is 13.0 Å². The van der Waals surface area contributed by atoms with Crippen LogP contribution in [0, 0.1) is 5.82 Å². The quantitative estimate of drug-likeness (QED) is 0.568. The van der Waals surface area contributed by atoms with Gasteiger partial charge in [-0.2, -0.15) is 10.1 Å². The summed E-state index contributed by atoms with van der Waals surface area (Å²) >= 11 is 0. The van der Waals surface area contributed by atoms with Gasteiger partial charge >= 0.3 is 0 Å². The van der Waals surface area contributed by atoms with Crippen molar-refractivity contribution in [3.63, 3.8) is 0 Å². The summed E-state index contributed by atoms with van der Waals surface area (Å²) in [5.41, 5.74) is 3.11. The van der Waals surface area contributed by atoms with Crippen LogP contribution in [0.5, 0.6) is 0 Å². The van der Waals surface area contributed by atoms with E-state index in [1.54, 1.807) is 17.1 Å². The Morgan fingerprint density at radius 1 is 1.16 bits per heavy atom. The lowest BCUT2D eigenvalue weighted by molar-refractivity contribution is 0.556. The number of fused-ring (bicyclic) bond motifs is 1.